The maximum absolute atomic E-state index is 12.9. The van der Waals surface area contributed by atoms with Gasteiger partial charge in [-0.25, -0.2) is 0 Å². The van der Waals surface area contributed by atoms with E-state index in [9.17, 15) is 24.6 Å². The molecule has 0 radical (unpaired) electrons. The molecule has 0 fully saturated rings. The number of hydrogen-bond acceptors (Lipinski definition) is 5. The van der Waals surface area contributed by atoms with Crippen LogP contribution in [0.3, 0.4) is 0 Å². The van der Waals surface area contributed by atoms with Gasteiger partial charge in [-0.1, -0.05) is 91.0 Å². The number of allylic oxidation sites excluding steroid dienone is 1. The minimum atomic E-state index is -2.10. The molecule has 0 aliphatic rings. The molecule has 0 unspecified atom stereocenters. The highest BCUT2D eigenvalue weighted by atomic mass is 16.3. The predicted octanol–water partition coefficient (Wildman–Crippen LogP) is 2.39. The van der Waals surface area contributed by atoms with Gasteiger partial charge < -0.3 is 10.2 Å². The van der Waals surface area contributed by atoms with Gasteiger partial charge in [0.25, 0.3) is 5.91 Å². The Morgan fingerprint density at radius 1 is 0.710 bits per heavy atom. The minimum Gasteiger partial charge on any atom is -0.503 e. The van der Waals surface area contributed by atoms with Crippen LogP contribution < -0.4 is 10.9 Å². The van der Waals surface area contributed by atoms with Gasteiger partial charge in [-0.05, 0) is 11.1 Å². The number of carbonyl (C=O) groups excluding carboxylic acids is 3. The second kappa shape index (κ2) is 9.51. The van der Waals surface area contributed by atoms with E-state index in [0.29, 0.717) is 0 Å². The number of amides is 2. The lowest BCUT2D eigenvalue weighted by Gasteiger charge is -2.28. The van der Waals surface area contributed by atoms with E-state index in [1.807, 2.05) is 5.43 Å². The number of hydrazine groups is 1. The number of hydrogen-bond donors (Lipinski definition) is 4. The Balaban J connectivity index is 1.76. The Labute approximate surface area is 178 Å². The number of aliphatic hydroxyl groups excluding tert-OH is 1. The smallest absolute Gasteiger partial charge is 0.304 e. The van der Waals surface area contributed by atoms with Crippen LogP contribution in [0.5, 0.6) is 0 Å². The summed E-state index contributed by atoms with van der Waals surface area (Å²) in [6.45, 7) is 0. The van der Waals surface area contributed by atoms with Crippen molar-refractivity contribution < 1.29 is 24.6 Å². The van der Waals surface area contributed by atoms with Crippen molar-refractivity contribution in [3.05, 3.63) is 120 Å². The van der Waals surface area contributed by atoms with E-state index in [4.69, 9.17) is 0 Å². The molecule has 0 bridgehead atoms. The van der Waals surface area contributed by atoms with E-state index in [1.165, 1.54) is 12.1 Å². The Kier molecular flexibility index (Phi) is 6.59. The lowest BCUT2D eigenvalue weighted by molar-refractivity contribution is -0.140. The molecular weight excluding hydrogens is 396 g/mol. The number of rotatable bonds is 6. The Hall–Kier alpha value is -4.23. The van der Waals surface area contributed by atoms with Gasteiger partial charge in [0, 0.05) is 11.6 Å². The number of aliphatic hydroxyl groups is 2. The van der Waals surface area contributed by atoms with Crippen LogP contribution in [0.2, 0.25) is 0 Å². The first-order valence-electron chi connectivity index (χ1n) is 9.37. The highest BCUT2D eigenvalue weighted by molar-refractivity contribution is 6.08. The molecule has 156 valence electrons. The average Bonchev–Trinajstić information content (AvgIpc) is 2.83. The fourth-order valence-corrected chi connectivity index (χ4v) is 2.93. The van der Waals surface area contributed by atoms with Crippen LogP contribution in [0.4, 0.5) is 0 Å². The monoisotopic (exact) mass is 416 g/mol. The third-order valence-electron chi connectivity index (χ3n) is 4.56. The van der Waals surface area contributed by atoms with Crippen molar-refractivity contribution in [2.45, 2.75) is 5.60 Å². The summed E-state index contributed by atoms with van der Waals surface area (Å²) in [7, 11) is 0. The molecule has 0 aliphatic heterocycles. The topological polar surface area (TPSA) is 116 Å². The summed E-state index contributed by atoms with van der Waals surface area (Å²) >= 11 is 0. The van der Waals surface area contributed by atoms with Crippen LogP contribution in [0, 0.1) is 0 Å². The molecule has 7 heteroatoms. The number of nitrogens with one attached hydrogen (secondary N) is 2. The van der Waals surface area contributed by atoms with Crippen molar-refractivity contribution >= 4 is 17.6 Å². The van der Waals surface area contributed by atoms with Crippen LogP contribution in [0.15, 0.2) is 103 Å². The predicted molar refractivity (Wildman–Crippen MR) is 114 cm³/mol. The van der Waals surface area contributed by atoms with Gasteiger partial charge in [0.15, 0.2) is 17.1 Å². The van der Waals surface area contributed by atoms with E-state index < -0.39 is 29.0 Å². The molecule has 0 aromatic heterocycles. The van der Waals surface area contributed by atoms with Gasteiger partial charge in [0.2, 0.25) is 0 Å². The van der Waals surface area contributed by atoms with E-state index in [1.54, 1.807) is 78.9 Å². The van der Waals surface area contributed by atoms with Crippen molar-refractivity contribution in [3.8, 4) is 0 Å². The molecule has 0 spiro atoms. The van der Waals surface area contributed by atoms with Gasteiger partial charge in [0.05, 0.1) is 0 Å². The van der Waals surface area contributed by atoms with E-state index in [0.717, 1.165) is 6.08 Å². The van der Waals surface area contributed by atoms with E-state index >= 15 is 0 Å². The molecule has 3 aromatic carbocycles. The van der Waals surface area contributed by atoms with Crippen molar-refractivity contribution in [2.75, 3.05) is 0 Å². The average molecular weight is 416 g/mol. The zero-order valence-electron chi connectivity index (χ0n) is 16.4. The summed E-state index contributed by atoms with van der Waals surface area (Å²) < 4.78 is 0. The third-order valence-corrected chi connectivity index (χ3v) is 4.56. The minimum absolute atomic E-state index is 0.284. The fourth-order valence-electron chi connectivity index (χ4n) is 2.93. The largest absolute Gasteiger partial charge is 0.503 e. The molecule has 7 nitrogen and oxygen atoms in total. The standard InChI is InChI=1S/C24H20N2O5/c27-20(17-10-4-1-5-11-17)16-21(28)22(29)25-26-23(30)24(31,18-12-6-2-7-13-18)19-14-8-3-9-15-19/h1-16,28,31H,(H,25,29)(H,26,30)/b21-16-. The van der Waals surface area contributed by atoms with E-state index in [2.05, 4.69) is 5.43 Å². The van der Waals surface area contributed by atoms with Crippen molar-refractivity contribution in [3.63, 3.8) is 0 Å². The molecule has 0 heterocycles. The molecule has 0 saturated heterocycles. The van der Waals surface area contributed by atoms with E-state index in [-0.39, 0.29) is 16.7 Å². The Bertz CT molecular complexity index is 1060. The third kappa shape index (κ3) is 4.85. The first-order chi connectivity index (χ1) is 14.9. The maximum Gasteiger partial charge on any atom is 0.304 e. The molecule has 3 rings (SSSR count). The van der Waals surface area contributed by atoms with Crippen LogP contribution in [-0.2, 0) is 15.2 Å². The van der Waals surface area contributed by atoms with Gasteiger partial charge in [-0.3, -0.25) is 25.2 Å². The van der Waals surface area contributed by atoms with Crippen molar-refractivity contribution in [1.82, 2.24) is 10.9 Å². The molecule has 31 heavy (non-hydrogen) atoms. The Morgan fingerprint density at radius 3 is 1.65 bits per heavy atom. The van der Waals surface area contributed by atoms with Crippen molar-refractivity contribution in [2.24, 2.45) is 0 Å². The van der Waals surface area contributed by atoms with Gasteiger partial charge in [0.1, 0.15) is 0 Å². The molecule has 4 N–H and O–H groups in total. The quantitative estimate of drug-likeness (QED) is 0.213. The molecule has 0 aliphatic carbocycles. The van der Waals surface area contributed by atoms with Crippen LogP contribution in [0.1, 0.15) is 21.5 Å². The number of carbonyl (C=O) groups is 3. The molecular formula is C24H20N2O5. The summed E-state index contributed by atoms with van der Waals surface area (Å²) in [5.74, 6) is -3.52. The highest BCUT2D eigenvalue weighted by Crippen LogP contribution is 2.29. The maximum atomic E-state index is 12.9. The zero-order chi connectivity index (χ0) is 22.3. The summed E-state index contributed by atoms with van der Waals surface area (Å²) in [6.07, 6.45) is 0.747. The van der Waals surface area contributed by atoms with Gasteiger partial charge in [-0.2, -0.15) is 0 Å². The highest BCUT2D eigenvalue weighted by Gasteiger charge is 2.40. The lowest BCUT2D eigenvalue weighted by atomic mass is 9.85. The summed E-state index contributed by atoms with van der Waals surface area (Å²) in [6, 6.07) is 24.5. The summed E-state index contributed by atoms with van der Waals surface area (Å²) in [5, 5.41) is 21.2. The summed E-state index contributed by atoms with van der Waals surface area (Å²) in [4.78, 5) is 37.1. The SMILES string of the molecule is O=C(NNC(=O)C(O)(c1ccccc1)c1ccccc1)/C(O)=C/C(=O)c1ccccc1. The van der Waals surface area contributed by atoms with Crippen LogP contribution >= 0.6 is 0 Å². The number of ketones is 1. The second-order valence-corrected chi connectivity index (χ2v) is 6.61. The molecule has 3 aromatic rings. The lowest BCUT2D eigenvalue weighted by Crippen LogP contribution is -2.52. The fraction of sp³-hybridized carbons (Fsp3) is 0.0417. The van der Waals surface area contributed by atoms with Crippen LogP contribution in [-0.4, -0.2) is 27.8 Å². The molecule has 2 amide bonds. The Morgan fingerprint density at radius 2 is 1.16 bits per heavy atom. The van der Waals surface area contributed by atoms with Crippen LogP contribution in [0.25, 0.3) is 0 Å². The first kappa shape index (κ1) is 21.5. The zero-order valence-corrected chi connectivity index (χ0v) is 16.4. The van der Waals surface area contributed by atoms with Gasteiger partial charge >= 0.3 is 5.91 Å². The molecule has 0 atom stereocenters. The normalized spacial score (nSPS) is 11.5. The summed E-state index contributed by atoms with van der Waals surface area (Å²) in [5.41, 5.74) is 2.88. The molecule has 0 saturated carbocycles. The number of benzene rings is 3. The van der Waals surface area contributed by atoms with Gasteiger partial charge in [-0.15, -0.1) is 0 Å². The second-order valence-electron chi connectivity index (χ2n) is 6.61. The van der Waals surface area contributed by atoms with Crippen molar-refractivity contribution in [1.29, 1.82) is 0 Å². The first-order valence-corrected chi connectivity index (χ1v) is 9.37.